The second kappa shape index (κ2) is 7.55. The van der Waals surface area contributed by atoms with Crippen LogP contribution in [-0.2, 0) is 5.41 Å². The Bertz CT molecular complexity index is 811. The molecule has 0 aliphatic carbocycles. The van der Waals surface area contributed by atoms with Gasteiger partial charge in [-0.05, 0) is 52.3 Å². The summed E-state index contributed by atoms with van der Waals surface area (Å²) in [5.41, 5.74) is 3.03. The lowest BCUT2D eigenvalue weighted by atomic mass is 9.86. The molecular weight excluding hydrogens is 338 g/mol. The maximum Gasteiger partial charge on any atom is 0.243 e. The van der Waals surface area contributed by atoms with Crippen molar-refractivity contribution in [2.24, 2.45) is 5.92 Å². The zero-order valence-electron chi connectivity index (χ0n) is 17.4. The Labute approximate surface area is 162 Å². The van der Waals surface area contributed by atoms with Crippen LogP contribution in [0.4, 0.5) is 0 Å². The number of aryl methyl sites for hydroxylation is 2. The lowest BCUT2D eigenvalue weighted by molar-refractivity contribution is 0.0774. The Balaban J connectivity index is 1.63. The molecule has 146 valence electrons. The van der Waals surface area contributed by atoms with E-state index in [0.717, 1.165) is 42.9 Å². The number of ketones is 1. The number of benzene rings is 1. The quantitative estimate of drug-likeness (QED) is 0.735. The summed E-state index contributed by atoms with van der Waals surface area (Å²) >= 11 is 0. The van der Waals surface area contributed by atoms with Gasteiger partial charge < -0.3 is 4.52 Å². The maximum atomic E-state index is 12.9. The minimum absolute atomic E-state index is 0.0748. The number of hydrogen-bond acceptors (Lipinski definition) is 5. The molecule has 1 fully saturated rings. The fourth-order valence-corrected chi connectivity index (χ4v) is 3.72. The van der Waals surface area contributed by atoms with Crippen molar-refractivity contribution in [2.75, 3.05) is 13.1 Å². The minimum Gasteiger partial charge on any atom is -0.338 e. The lowest BCUT2D eigenvalue weighted by Gasteiger charge is -2.34. The molecule has 5 heteroatoms. The molecule has 0 bridgehead atoms. The summed E-state index contributed by atoms with van der Waals surface area (Å²) < 4.78 is 5.51. The van der Waals surface area contributed by atoms with Gasteiger partial charge in [0.05, 0.1) is 6.04 Å². The third-order valence-corrected chi connectivity index (χ3v) is 5.57. The van der Waals surface area contributed by atoms with Gasteiger partial charge >= 0.3 is 0 Å². The summed E-state index contributed by atoms with van der Waals surface area (Å²) in [6, 6.07) is 6.17. The van der Waals surface area contributed by atoms with E-state index in [1.165, 1.54) is 5.56 Å². The summed E-state index contributed by atoms with van der Waals surface area (Å²) in [7, 11) is 0. The maximum absolute atomic E-state index is 12.9. The van der Waals surface area contributed by atoms with E-state index in [4.69, 9.17) is 4.52 Å². The lowest BCUT2D eigenvalue weighted by Crippen LogP contribution is -2.38. The average Bonchev–Trinajstić information content (AvgIpc) is 3.11. The molecule has 1 aromatic heterocycles. The molecule has 0 radical (unpaired) electrons. The number of piperidine rings is 1. The van der Waals surface area contributed by atoms with Crippen molar-refractivity contribution < 1.29 is 9.32 Å². The van der Waals surface area contributed by atoms with Gasteiger partial charge in [0.2, 0.25) is 5.89 Å². The topological polar surface area (TPSA) is 59.2 Å². The second-order valence-corrected chi connectivity index (χ2v) is 8.88. The third-order valence-electron chi connectivity index (χ3n) is 5.57. The number of aromatic nitrogens is 2. The van der Waals surface area contributed by atoms with Crippen LogP contribution in [-0.4, -0.2) is 33.9 Å². The van der Waals surface area contributed by atoms with Crippen molar-refractivity contribution in [3.05, 3.63) is 46.6 Å². The largest absolute Gasteiger partial charge is 0.338 e. The van der Waals surface area contributed by atoms with Crippen LogP contribution in [0.2, 0.25) is 0 Å². The molecule has 1 aliphatic heterocycles. The summed E-state index contributed by atoms with van der Waals surface area (Å²) in [4.78, 5) is 19.9. The van der Waals surface area contributed by atoms with E-state index in [-0.39, 0.29) is 23.2 Å². The number of nitrogens with zero attached hydrogens (tertiary/aromatic N) is 3. The van der Waals surface area contributed by atoms with Gasteiger partial charge in [0.1, 0.15) is 0 Å². The van der Waals surface area contributed by atoms with Crippen LogP contribution < -0.4 is 0 Å². The molecular formula is C22H31N3O2. The number of likely N-dealkylation sites (tertiary alicyclic amines) is 1. The first-order chi connectivity index (χ1) is 12.7. The molecule has 2 aromatic rings. The van der Waals surface area contributed by atoms with Gasteiger partial charge in [-0.2, -0.15) is 4.98 Å². The fraction of sp³-hybridized carbons (Fsp3) is 0.591. The highest BCUT2D eigenvalue weighted by molar-refractivity contribution is 5.99. The first kappa shape index (κ1) is 19.7. The molecule has 0 amide bonds. The molecule has 1 aromatic carbocycles. The van der Waals surface area contributed by atoms with Crippen molar-refractivity contribution in [1.29, 1.82) is 0 Å². The van der Waals surface area contributed by atoms with Gasteiger partial charge in [0.25, 0.3) is 0 Å². The molecule has 3 rings (SSSR count). The summed E-state index contributed by atoms with van der Waals surface area (Å²) in [6.07, 6.45) is 1.74. The van der Waals surface area contributed by atoms with E-state index in [1.54, 1.807) is 0 Å². The highest BCUT2D eigenvalue weighted by atomic mass is 16.5. The van der Waals surface area contributed by atoms with Crippen molar-refractivity contribution >= 4 is 5.78 Å². The molecule has 1 atom stereocenters. The van der Waals surface area contributed by atoms with Crippen LogP contribution in [0, 0.1) is 19.8 Å². The molecule has 1 saturated heterocycles. The Morgan fingerprint density at radius 1 is 1.22 bits per heavy atom. The van der Waals surface area contributed by atoms with E-state index in [1.807, 2.05) is 19.1 Å². The molecule has 2 heterocycles. The van der Waals surface area contributed by atoms with Gasteiger partial charge in [-0.1, -0.05) is 49.7 Å². The first-order valence-electron chi connectivity index (χ1n) is 9.86. The monoisotopic (exact) mass is 369 g/mol. The van der Waals surface area contributed by atoms with Crippen LogP contribution in [0.25, 0.3) is 0 Å². The van der Waals surface area contributed by atoms with Crippen LogP contribution in [0.3, 0.4) is 0 Å². The van der Waals surface area contributed by atoms with E-state index in [2.05, 4.69) is 55.7 Å². The number of carbonyl (C=O) groups is 1. The van der Waals surface area contributed by atoms with Crippen molar-refractivity contribution in [3.8, 4) is 0 Å². The Kier molecular flexibility index (Phi) is 5.52. The Hall–Kier alpha value is -2.01. The van der Waals surface area contributed by atoms with Crippen LogP contribution in [0.5, 0.6) is 0 Å². The summed E-state index contributed by atoms with van der Waals surface area (Å²) in [5.74, 6) is 1.79. The van der Waals surface area contributed by atoms with Gasteiger partial charge in [-0.25, -0.2) is 0 Å². The normalized spacial score (nSPS) is 17.9. The van der Waals surface area contributed by atoms with Crippen molar-refractivity contribution in [3.63, 3.8) is 0 Å². The smallest absolute Gasteiger partial charge is 0.243 e. The summed E-state index contributed by atoms with van der Waals surface area (Å²) in [5, 5.41) is 4.14. The molecule has 27 heavy (non-hydrogen) atoms. The van der Waals surface area contributed by atoms with E-state index < -0.39 is 0 Å². The van der Waals surface area contributed by atoms with Crippen molar-refractivity contribution in [1.82, 2.24) is 15.0 Å². The molecule has 0 saturated carbocycles. The fourth-order valence-electron chi connectivity index (χ4n) is 3.72. The second-order valence-electron chi connectivity index (χ2n) is 8.88. The number of Topliss-reactive ketones (excluding diaryl/α,β-unsaturated/α-hetero) is 1. The Morgan fingerprint density at radius 3 is 2.44 bits per heavy atom. The predicted octanol–water partition coefficient (Wildman–Crippen LogP) is 4.64. The zero-order valence-corrected chi connectivity index (χ0v) is 17.4. The van der Waals surface area contributed by atoms with Gasteiger partial charge in [-0.3, -0.25) is 9.69 Å². The van der Waals surface area contributed by atoms with Gasteiger partial charge in [0, 0.05) is 16.9 Å². The molecule has 0 N–H and O–H groups in total. The minimum atomic E-state index is -0.118. The van der Waals surface area contributed by atoms with Gasteiger partial charge in [0.15, 0.2) is 11.6 Å². The number of hydrogen-bond donors (Lipinski definition) is 0. The van der Waals surface area contributed by atoms with E-state index in [0.29, 0.717) is 5.89 Å². The van der Waals surface area contributed by atoms with E-state index >= 15 is 0 Å². The Morgan fingerprint density at radius 2 is 1.89 bits per heavy atom. The molecule has 1 aliphatic rings. The predicted molar refractivity (Wildman–Crippen MR) is 106 cm³/mol. The van der Waals surface area contributed by atoms with Crippen LogP contribution in [0.15, 0.2) is 22.7 Å². The highest BCUT2D eigenvalue weighted by Gasteiger charge is 2.31. The zero-order chi connectivity index (χ0) is 19.8. The molecule has 0 spiro atoms. The molecule has 1 unspecified atom stereocenters. The average molecular weight is 370 g/mol. The first-order valence-corrected chi connectivity index (χ1v) is 9.86. The SMILES string of the molecule is Cc1ccc(C(=O)C2CCN(C(C)c3nc(C(C)(C)C)no3)CC2)c(C)c1. The van der Waals surface area contributed by atoms with Crippen LogP contribution in [0.1, 0.15) is 79.8 Å². The standard InChI is InChI=1S/C22H31N3O2/c1-14-7-8-18(15(2)13-14)19(26)17-9-11-25(12-10-17)16(3)20-23-21(24-27-20)22(4,5)6/h7-8,13,16-17H,9-12H2,1-6H3. The highest BCUT2D eigenvalue weighted by Crippen LogP contribution is 2.29. The van der Waals surface area contributed by atoms with Gasteiger partial charge in [-0.15, -0.1) is 0 Å². The number of rotatable bonds is 4. The van der Waals surface area contributed by atoms with Crippen molar-refractivity contribution in [2.45, 2.75) is 65.8 Å². The summed E-state index contributed by atoms with van der Waals surface area (Å²) in [6.45, 7) is 14.2. The third kappa shape index (κ3) is 4.29. The van der Waals surface area contributed by atoms with E-state index in [9.17, 15) is 4.79 Å². The van der Waals surface area contributed by atoms with Crippen LogP contribution >= 0.6 is 0 Å². The molecule has 5 nitrogen and oxygen atoms in total. The number of carbonyl (C=O) groups excluding carboxylic acids is 1.